The van der Waals surface area contributed by atoms with Crippen LogP contribution in [0.25, 0.3) is 0 Å². The Hall–Kier alpha value is -2.89. The van der Waals surface area contributed by atoms with Crippen LogP contribution in [0.1, 0.15) is 122 Å². The van der Waals surface area contributed by atoms with Crippen molar-refractivity contribution in [3.8, 4) is 12.5 Å². The van der Waals surface area contributed by atoms with E-state index in [2.05, 4.69) is 16.7 Å². The van der Waals surface area contributed by atoms with Gasteiger partial charge in [-0.3, -0.25) is 19.2 Å². The maximum atomic E-state index is 13.7. The van der Waals surface area contributed by atoms with Gasteiger partial charge in [0, 0.05) is 12.1 Å². The Morgan fingerprint density at radius 1 is 0.577 bits per heavy atom. The molecule has 0 heterocycles. The third-order valence-electron chi connectivity index (χ3n) is 12.5. The van der Waals surface area contributed by atoms with E-state index in [9.17, 15) is 37.8 Å². The highest BCUT2D eigenvalue weighted by Crippen LogP contribution is 2.37. The summed E-state index contributed by atoms with van der Waals surface area (Å²) in [4.78, 5) is 50.5. The Labute approximate surface area is 308 Å². The Kier molecular flexibility index (Phi) is 14.7. The smallest absolute Gasteiger partial charge is 0.307 e. The van der Waals surface area contributed by atoms with Crippen molar-refractivity contribution in [2.75, 3.05) is 13.2 Å². The zero-order valence-electron chi connectivity index (χ0n) is 30.3. The van der Waals surface area contributed by atoms with Crippen molar-refractivity contribution in [1.82, 2.24) is 10.6 Å². The molecule has 0 radical (unpaired) electrons. The zero-order chi connectivity index (χ0) is 37.3. The molecule has 0 aliphatic heterocycles. The number of ether oxygens (including phenoxy) is 3. The Bertz CT molecular complexity index is 1380. The lowest BCUT2D eigenvalue weighted by molar-refractivity contribution is -0.152. The fourth-order valence-corrected chi connectivity index (χ4v) is 11.8. The number of hydrogen-bond donors (Lipinski definition) is 4. The molecule has 13 nitrogen and oxygen atoms in total. The van der Waals surface area contributed by atoms with Gasteiger partial charge in [0.1, 0.15) is 12.2 Å². The molecular weight excluding hydrogens is 692 g/mol. The number of carboxylic acid groups (broad SMARTS) is 2. The van der Waals surface area contributed by atoms with E-state index < -0.39 is 55.9 Å². The van der Waals surface area contributed by atoms with Crippen LogP contribution >= 0.6 is 0 Å². The number of carboxylic acids is 2. The van der Waals surface area contributed by atoms with Crippen LogP contribution in [-0.2, 0) is 43.2 Å². The van der Waals surface area contributed by atoms with Gasteiger partial charge in [-0.2, -0.15) is 0 Å². The first-order chi connectivity index (χ1) is 25.0. The molecule has 6 atom stereocenters. The summed E-state index contributed by atoms with van der Waals surface area (Å²) >= 11 is 0. The van der Waals surface area contributed by atoms with Gasteiger partial charge >= 0.3 is 11.9 Å². The summed E-state index contributed by atoms with van der Waals surface area (Å²) in [6.45, 7) is 0.907. The number of hydrogen-bond acceptors (Lipinski definition) is 9. The van der Waals surface area contributed by atoms with Gasteiger partial charge in [0.2, 0.25) is 11.8 Å². The standard InChI is InChI=1S/C38H58N2O11S/c1-2-49-27-12-18-31(37(43)44)33(22-27)35(41)39-24-8-14-29(15-9-24)52(47,48)30-16-10-25(11-17-30)40-36(42)34-23-28(13-19-32(34)38(45)46)51-21-20-50-26-6-4-3-5-7-26/h1,24-34H,3-23H2,(H,39,41)(H,40,42)(H,43,44)(H,45,46). The predicted octanol–water partition coefficient (Wildman–Crippen LogP) is 3.97. The molecule has 14 heteroatoms. The first-order valence-corrected chi connectivity index (χ1v) is 21.2. The topological polar surface area (TPSA) is 195 Å². The van der Waals surface area contributed by atoms with Gasteiger partial charge in [-0.05, 0) is 103 Å². The van der Waals surface area contributed by atoms with E-state index in [4.69, 9.17) is 20.6 Å². The van der Waals surface area contributed by atoms with Gasteiger partial charge in [-0.1, -0.05) is 25.7 Å². The van der Waals surface area contributed by atoms with Crippen molar-refractivity contribution in [1.29, 1.82) is 0 Å². The molecular formula is C38H58N2O11S. The van der Waals surface area contributed by atoms with E-state index in [0.717, 1.165) is 12.8 Å². The molecule has 0 aromatic heterocycles. The first kappa shape index (κ1) is 40.3. The zero-order valence-corrected chi connectivity index (χ0v) is 31.1. The van der Waals surface area contributed by atoms with Gasteiger partial charge in [-0.15, -0.1) is 0 Å². The van der Waals surface area contributed by atoms with E-state index in [-0.39, 0.29) is 48.6 Å². The second-order valence-corrected chi connectivity index (χ2v) is 18.3. The normalized spacial score (nSPS) is 34.7. The van der Waals surface area contributed by atoms with E-state index in [0.29, 0.717) is 96.7 Å². The van der Waals surface area contributed by atoms with Crippen LogP contribution in [0.3, 0.4) is 0 Å². The molecule has 0 bridgehead atoms. The number of terminal acetylenes is 1. The number of rotatable bonds is 14. The highest BCUT2D eigenvalue weighted by molar-refractivity contribution is 7.92. The van der Waals surface area contributed by atoms with Crippen LogP contribution in [0.15, 0.2) is 0 Å². The molecule has 5 rings (SSSR count). The summed E-state index contributed by atoms with van der Waals surface area (Å²) in [7, 11) is -3.45. The molecule has 0 aromatic carbocycles. The minimum atomic E-state index is -3.45. The van der Waals surface area contributed by atoms with E-state index >= 15 is 0 Å². The van der Waals surface area contributed by atoms with Crippen LogP contribution in [-0.4, -0.2) is 96.5 Å². The monoisotopic (exact) mass is 750 g/mol. The van der Waals surface area contributed by atoms with Crippen molar-refractivity contribution in [2.24, 2.45) is 23.7 Å². The quantitative estimate of drug-likeness (QED) is 0.148. The van der Waals surface area contributed by atoms with Crippen LogP contribution in [0.5, 0.6) is 0 Å². The molecule has 5 aliphatic carbocycles. The fourth-order valence-electron chi connectivity index (χ4n) is 9.41. The molecule has 5 saturated carbocycles. The summed E-state index contributed by atoms with van der Waals surface area (Å²) in [5, 5.41) is 24.5. The van der Waals surface area contributed by atoms with Crippen molar-refractivity contribution in [2.45, 2.75) is 163 Å². The Morgan fingerprint density at radius 2 is 1.02 bits per heavy atom. The molecule has 0 spiro atoms. The van der Waals surface area contributed by atoms with Crippen LogP contribution in [0, 0.1) is 36.2 Å². The van der Waals surface area contributed by atoms with Gasteiger partial charge in [0.15, 0.2) is 9.84 Å². The number of nitrogens with one attached hydrogen (secondary N) is 2. The van der Waals surface area contributed by atoms with Gasteiger partial charge < -0.3 is 35.1 Å². The third kappa shape index (κ3) is 10.6. The number of aliphatic carboxylic acids is 2. The summed E-state index contributed by atoms with van der Waals surface area (Å²) in [6.07, 6.45) is 18.8. The maximum Gasteiger partial charge on any atom is 0.307 e. The van der Waals surface area contributed by atoms with Gasteiger partial charge in [-0.25, -0.2) is 8.42 Å². The molecule has 0 aromatic rings. The highest BCUT2D eigenvalue weighted by atomic mass is 32.2. The molecule has 2 amide bonds. The third-order valence-corrected chi connectivity index (χ3v) is 15.3. The second-order valence-electron chi connectivity index (χ2n) is 15.8. The highest BCUT2D eigenvalue weighted by Gasteiger charge is 2.44. The average molecular weight is 751 g/mol. The molecule has 4 N–H and O–H groups in total. The van der Waals surface area contributed by atoms with Crippen LogP contribution in [0.2, 0.25) is 0 Å². The molecule has 52 heavy (non-hydrogen) atoms. The maximum absolute atomic E-state index is 13.7. The van der Waals surface area contributed by atoms with Gasteiger partial charge in [0.05, 0.1) is 59.6 Å². The minimum Gasteiger partial charge on any atom is -0.481 e. The molecule has 5 fully saturated rings. The number of sulfone groups is 1. The number of amides is 2. The van der Waals surface area contributed by atoms with Crippen molar-refractivity contribution >= 4 is 33.6 Å². The first-order valence-electron chi connectivity index (χ1n) is 19.6. The Balaban J connectivity index is 1.04. The van der Waals surface area contributed by atoms with Crippen molar-refractivity contribution < 1.29 is 52.0 Å². The summed E-state index contributed by atoms with van der Waals surface area (Å²) in [5.41, 5.74) is 0. The van der Waals surface area contributed by atoms with Crippen LogP contribution in [0.4, 0.5) is 0 Å². The average Bonchev–Trinajstić information content (AvgIpc) is 3.14. The molecule has 0 saturated heterocycles. The summed E-state index contributed by atoms with van der Waals surface area (Å²) < 4.78 is 44.6. The van der Waals surface area contributed by atoms with E-state index in [1.54, 1.807) is 0 Å². The Morgan fingerprint density at radius 3 is 1.48 bits per heavy atom. The number of carbonyl (C=O) groups excluding carboxylic acids is 2. The van der Waals surface area contributed by atoms with Gasteiger partial charge in [0.25, 0.3) is 0 Å². The fraction of sp³-hybridized carbons (Fsp3) is 0.842. The van der Waals surface area contributed by atoms with E-state index in [1.807, 2.05) is 0 Å². The van der Waals surface area contributed by atoms with Crippen LogP contribution < -0.4 is 10.6 Å². The van der Waals surface area contributed by atoms with E-state index in [1.165, 1.54) is 19.3 Å². The lowest BCUT2D eigenvalue weighted by Crippen LogP contribution is -2.49. The lowest BCUT2D eigenvalue weighted by Gasteiger charge is -2.37. The predicted molar refractivity (Wildman–Crippen MR) is 190 cm³/mol. The minimum absolute atomic E-state index is 0.208. The lowest BCUT2D eigenvalue weighted by atomic mass is 9.77. The SMILES string of the molecule is C#COC1CCC(C(=O)O)C(C(=O)NC2CCC(S(=O)(=O)C3CCC(NC(=O)C4CC(OCCOC5CCCCC5)CCC4C(=O)O)CC3)CC2)C1. The molecule has 6 unspecified atom stereocenters. The van der Waals surface area contributed by atoms with Crippen molar-refractivity contribution in [3.05, 3.63) is 0 Å². The summed E-state index contributed by atoms with van der Waals surface area (Å²) in [5.74, 6) is -5.73. The van der Waals surface area contributed by atoms with Crippen molar-refractivity contribution in [3.63, 3.8) is 0 Å². The largest absolute Gasteiger partial charge is 0.481 e. The second kappa shape index (κ2) is 18.9. The molecule has 5 aliphatic rings. The number of carbonyl (C=O) groups is 4. The summed E-state index contributed by atoms with van der Waals surface area (Å²) in [6, 6.07) is -0.452. The molecule has 292 valence electrons.